The number of rotatable bonds is 6. The summed E-state index contributed by atoms with van der Waals surface area (Å²) in [6.45, 7) is 5.57. The lowest BCUT2D eigenvalue weighted by molar-refractivity contribution is 0.0957. The Morgan fingerprint density at radius 1 is 1.17 bits per heavy atom. The topological polar surface area (TPSA) is 62.4 Å². The molecule has 0 unspecified atom stereocenters. The van der Waals surface area contributed by atoms with Crippen molar-refractivity contribution in [2.24, 2.45) is 0 Å². The van der Waals surface area contributed by atoms with Crippen molar-refractivity contribution in [1.82, 2.24) is 10.6 Å². The molecule has 1 aliphatic rings. The first-order valence-electron chi connectivity index (χ1n) is 8.34. The second kappa shape index (κ2) is 7.84. The van der Waals surface area contributed by atoms with Gasteiger partial charge in [0.15, 0.2) is 0 Å². The van der Waals surface area contributed by atoms with Crippen LogP contribution in [-0.2, 0) is 13.1 Å². The van der Waals surface area contributed by atoms with E-state index >= 15 is 0 Å². The zero-order chi connectivity index (χ0) is 16.8. The van der Waals surface area contributed by atoms with Gasteiger partial charge in [0.1, 0.15) is 12.4 Å². The average molecular weight is 325 g/mol. The second-order valence-corrected chi connectivity index (χ2v) is 5.73. The van der Waals surface area contributed by atoms with E-state index in [4.69, 9.17) is 4.74 Å². The maximum absolute atomic E-state index is 12.1. The Balaban J connectivity index is 1.72. The molecule has 1 amide bonds. The molecule has 3 N–H and O–H groups in total. The molecule has 126 valence electrons. The van der Waals surface area contributed by atoms with E-state index in [1.165, 1.54) is 5.56 Å². The SMILES string of the molecule is CCNCc1ccccc1NCc1ccc2c(c1)C(=O)NCCO2. The van der Waals surface area contributed by atoms with Gasteiger partial charge in [-0.05, 0) is 35.9 Å². The van der Waals surface area contributed by atoms with Gasteiger partial charge in [-0.25, -0.2) is 0 Å². The Bertz CT molecular complexity index is 716. The van der Waals surface area contributed by atoms with E-state index in [-0.39, 0.29) is 5.91 Å². The summed E-state index contributed by atoms with van der Waals surface area (Å²) in [7, 11) is 0. The summed E-state index contributed by atoms with van der Waals surface area (Å²) < 4.78 is 5.59. The minimum Gasteiger partial charge on any atom is -0.491 e. The Hall–Kier alpha value is -2.53. The fourth-order valence-electron chi connectivity index (χ4n) is 2.72. The number of fused-ring (bicyclic) bond motifs is 1. The third kappa shape index (κ3) is 3.86. The summed E-state index contributed by atoms with van der Waals surface area (Å²) in [4.78, 5) is 12.1. The average Bonchev–Trinajstić information content (AvgIpc) is 2.80. The Morgan fingerprint density at radius 3 is 2.92 bits per heavy atom. The number of benzene rings is 2. The number of carbonyl (C=O) groups excluding carboxylic acids is 1. The van der Waals surface area contributed by atoms with E-state index in [0.717, 1.165) is 24.3 Å². The summed E-state index contributed by atoms with van der Waals surface area (Å²) in [5.41, 5.74) is 3.99. The first kappa shape index (κ1) is 16.3. The Labute approximate surface area is 142 Å². The van der Waals surface area contributed by atoms with E-state index in [1.54, 1.807) is 0 Å². The lowest BCUT2D eigenvalue weighted by Gasteiger charge is -2.13. The van der Waals surface area contributed by atoms with Gasteiger partial charge in [0.2, 0.25) is 0 Å². The molecule has 0 aliphatic carbocycles. The van der Waals surface area contributed by atoms with Crippen LogP contribution in [0.1, 0.15) is 28.4 Å². The number of hydrogen-bond donors (Lipinski definition) is 3. The minimum atomic E-state index is -0.0723. The molecule has 1 aliphatic heterocycles. The molecule has 5 nitrogen and oxygen atoms in total. The summed E-state index contributed by atoms with van der Waals surface area (Å²) >= 11 is 0. The minimum absolute atomic E-state index is 0.0723. The largest absolute Gasteiger partial charge is 0.491 e. The molecule has 3 rings (SSSR count). The fourth-order valence-corrected chi connectivity index (χ4v) is 2.72. The molecule has 1 heterocycles. The van der Waals surface area contributed by atoms with Crippen molar-refractivity contribution in [1.29, 1.82) is 0 Å². The highest BCUT2D eigenvalue weighted by Crippen LogP contribution is 2.23. The van der Waals surface area contributed by atoms with Gasteiger partial charge in [-0.15, -0.1) is 0 Å². The molecule has 0 bridgehead atoms. The van der Waals surface area contributed by atoms with Crippen molar-refractivity contribution in [2.45, 2.75) is 20.0 Å². The van der Waals surface area contributed by atoms with E-state index in [0.29, 0.717) is 31.0 Å². The fraction of sp³-hybridized carbons (Fsp3) is 0.316. The second-order valence-electron chi connectivity index (χ2n) is 5.73. The van der Waals surface area contributed by atoms with Crippen molar-refractivity contribution in [3.8, 4) is 5.75 Å². The van der Waals surface area contributed by atoms with E-state index in [1.807, 2.05) is 30.3 Å². The first-order valence-corrected chi connectivity index (χ1v) is 8.34. The summed E-state index contributed by atoms with van der Waals surface area (Å²) in [5.74, 6) is 0.582. The molecule has 2 aromatic rings. The molecule has 0 saturated heterocycles. The highest BCUT2D eigenvalue weighted by molar-refractivity contribution is 5.97. The Morgan fingerprint density at radius 2 is 2.04 bits per heavy atom. The third-order valence-corrected chi connectivity index (χ3v) is 4.00. The monoisotopic (exact) mass is 325 g/mol. The maximum atomic E-state index is 12.1. The summed E-state index contributed by atoms with van der Waals surface area (Å²) in [5, 5.41) is 9.65. The van der Waals surface area contributed by atoms with Crippen LogP contribution in [-0.4, -0.2) is 25.6 Å². The van der Waals surface area contributed by atoms with Crippen molar-refractivity contribution in [3.05, 3.63) is 59.2 Å². The zero-order valence-electron chi connectivity index (χ0n) is 13.9. The maximum Gasteiger partial charge on any atom is 0.255 e. The van der Waals surface area contributed by atoms with Crippen LogP contribution >= 0.6 is 0 Å². The number of ether oxygens (including phenoxy) is 1. The van der Waals surface area contributed by atoms with Gasteiger partial charge in [0.25, 0.3) is 5.91 Å². The zero-order valence-corrected chi connectivity index (χ0v) is 13.9. The number of hydrogen-bond acceptors (Lipinski definition) is 4. The van der Waals surface area contributed by atoms with Crippen LogP contribution < -0.4 is 20.7 Å². The molecule has 0 fully saturated rings. The van der Waals surface area contributed by atoms with Crippen LogP contribution in [0, 0.1) is 0 Å². The van der Waals surface area contributed by atoms with Gasteiger partial charge in [-0.1, -0.05) is 31.2 Å². The first-order chi connectivity index (χ1) is 11.8. The predicted octanol–water partition coefficient (Wildman–Crippen LogP) is 2.53. The lowest BCUT2D eigenvalue weighted by atomic mass is 10.1. The van der Waals surface area contributed by atoms with Gasteiger partial charge >= 0.3 is 0 Å². The van der Waals surface area contributed by atoms with Gasteiger partial charge in [0, 0.05) is 18.8 Å². The number of carbonyl (C=O) groups is 1. The molecule has 0 radical (unpaired) electrons. The molecular weight excluding hydrogens is 302 g/mol. The van der Waals surface area contributed by atoms with Crippen molar-refractivity contribution in [3.63, 3.8) is 0 Å². The standard InChI is InChI=1S/C19H23N3O2/c1-2-20-13-15-5-3-4-6-17(15)22-12-14-7-8-18-16(11-14)19(23)21-9-10-24-18/h3-8,11,20,22H,2,9-10,12-13H2,1H3,(H,21,23). The van der Waals surface area contributed by atoms with Gasteiger partial charge in [-0.2, -0.15) is 0 Å². The van der Waals surface area contributed by atoms with E-state index < -0.39 is 0 Å². The quantitative estimate of drug-likeness (QED) is 0.764. The number of amides is 1. The van der Waals surface area contributed by atoms with Gasteiger partial charge in [-0.3, -0.25) is 4.79 Å². The number of para-hydroxylation sites is 1. The van der Waals surface area contributed by atoms with Crippen molar-refractivity contribution >= 4 is 11.6 Å². The normalized spacial score (nSPS) is 13.5. The molecular formula is C19H23N3O2. The molecule has 0 atom stereocenters. The molecule has 0 aromatic heterocycles. The smallest absolute Gasteiger partial charge is 0.255 e. The summed E-state index contributed by atoms with van der Waals surface area (Å²) in [6.07, 6.45) is 0. The molecule has 0 spiro atoms. The van der Waals surface area contributed by atoms with Crippen LogP contribution in [0.5, 0.6) is 5.75 Å². The third-order valence-electron chi connectivity index (χ3n) is 4.00. The van der Waals surface area contributed by atoms with Gasteiger partial charge < -0.3 is 20.7 Å². The van der Waals surface area contributed by atoms with Crippen LogP contribution in [0.3, 0.4) is 0 Å². The van der Waals surface area contributed by atoms with Crippen LogP contribution in [0.15, 0.2) is 42.5 Å². The van der Waals surface area contributed by atoms with Crippen LogP contribution in [0.2, 0.25) is 0 Å². The summed E-state index contributed by atoms with van der Waals surface area (Å²) in [6, 6.07) is 14.0. The number of nitrogens with one attached hydrogen (secondary N) is 3. The molecule has 24 heavy (non-hydrogen) atoms. The molecule has 5 heteroatoms. The van der Waals surface area contributed by atoms with Crippen molar-refractivity contribution in [2.75, 3.05) is 25.0 Å². The highest BCUT2D eigenvalue weighted by Gasteiger charge is 2.16. The highest BCUT2D eigenvalue weighted by atomic mass is 16.5. The van der Waals surface area contributed by atoms with Crippen LogP contribution in [0.25, 0.3) is 0 Å². The van der Waals surface area contributed by atoms with Crippen molar-refractivity contribution < 1.29 is 9.53 Å². The Kier molecular flexibility index (Phi) is 5.33. The van der Waals surface area contributed by atoms with Crippen LogP contribution in [0.4, 0.5) is 5.69 Å². The predicted molar refractivity (Wildman–Crippen MR) is 95.4 cm³/mol. The molecule has 0 saturated carbocycles. The number of anilines is 1. The lowest BCUT2D eigenvalue weighted by Crippen LogP contribution is -2.24. The van der Waals surface area contributed by atoms with E-state index in [9.17, 15) is 4.79 Å². The molecule has 2 aromatic carbocycles. The van der Waals surface area contributed by atoms with E-state index in [2.05, 4.69) is 35.0 Å². The van der Waals surface area contributed by atoms with Gasteiger partial charge in [0.05, 0.1) is 12.1 Å².